The number of likely N-dealkylation sites (N-methyl/N-ethyl adjacent to an activating group) is 1. The molecule has 0 radical (unpaired) electrons. The molecule has 1 atom stereocenters. The standard InChI is InChI=1S/C15H25N3O2/c1-11(2)4-7-18-8-5-12(6-9-18)16-13-10-14(19)17(3)15(13)20/h4,12-13,16H,5-10H2,1-3H3. The summed E-state index contributed by atoms with van der Waals surface area (Å²) >= 11 is 0. The molecule has 0 aliphatic carbocycles. The first-order chi connectivity index (χ1) is 9.47. The summed E-state index contributed by atoms with van der Waals surface area (Å²) in [7, 11) is 1.56. The molecule has 112 valence electrons. The van der Waals surface area contributed by atoms with E-state index >= 15 is 0 Å². The van der Waals surface area contributed by atoms with Crippen molar-refractivity contribution in [3.8, 4) is 0 Å². The summed E-state index contributed by atoms with van der Waals surface area (Å²) in [6.45, 7) is 7.35. The van der Waals surface area contributed by atoms with E-state index in [1.165, 1.54) is 10.5 Å². The average Bonchev–Trinajstić information content (AvgIpc) is 2.65. The first-order valence-electron chi connectivity index (χ1n) is 7.39. The monoisotopic (exact) mass is 279 g/mol. The Kier molecular flexibility index (Phi) is 4.94. The van der Waals surface area contributed by atoms with Crippen LogP contribution in [-0.2, 0) is 9.59 Å². The Morgan fingerprint density at radius 3 is 2.45 bits per heavy atom. The lowest BCUT2D eigenvalue weighted by molar-refractivity contribution is -0.137. The van der Waals surface area contributed by atoms with Crippen molar-refractivity contribution in [2.45, 2.75) is 45.2 Å². The number of carbonyl (C=O) groups excluding carboxylic acids is 2. The summed E-state index contributed by atoms with van der Waals surface area (Å²) in [4.78, 5) is 27.0. The Morgan fingerprint density at radius 1 is 1.30 bits per heavy atom. The smallest absolute Gasteiger partial charge is 0.246 e. The highest BCUT2D eigenvalue weighted by Gasteiger charge is 2.37. The molecule has 2 amide bonds. The van der Waals surface area contributed by atoms with Gasteiger partial charge < -0.3 is 5.32 Å². The van der Waals surface area contributed by atoms with Gasteiger partial charge in [-0.15, -0.1) is 0 Å². The minimum Gasteiger partial charge on any atom is -0.303 e. The van der Waals surface area contributed by atoms with Crippen LogP contribution in [-0.4, -0.2) is 60.4 Å². The normalized spacial score (nSPS) is 25.4. The van der Waals surface area contributed by atoms with Gasteiger partial charge in [-0.1, -0.05) is 11.6 Å². The average molecular weight is 279 g/mol. The molecule has 0 spiro atoms. The lowest BCUT2D eigenvalue weighted by atomic mass is 10.0. The van der Waals surface area contributed by atoms with Gasteiger partial charge in [0.15, 0.2) is 0 Å². The van der Waals surface area contributed by atoms with E-state index in [9.17, 15) is 9.59 Å². The fourth-order valence-electron chi connectivity index (χ4n) is 2.76. The third kappa shape index (κ3) is 3.67. The number of imide groups is 1. The Morgan fingerprint density at radius 2 is 1.95 bits per heavy atom. The van der Waals surface area contributed by atoms with Gasteiger partial charge in [0.2, 0.25) is 11.8 Å². The fourth-order valence-corrected chi connectivity index (χ4v) is 2.76. The van der Waals surface area contributed by atoms with E-state index in [1.807, 2.05) is 0 Å². The maximum Gasteiger partial charge on any atom is 0.246 e. The predicted molar refractivity (Wildman–Crippen MR) is 78.2 cm³/mol. The Hall–Kier alpha value is -1.20. The van der Waals surface area contributed by atoms with Gasteiger partial charge in [-0.3, -0.25) is 19.4 Å². The summed E-state index contributed by atoms with van der Waals surface area (Å²) in [5, 5.41) is 3.36. The topological polar surface area (TPSA) is 52.7 Å². The van der Waals surface area contributed by atoms with Gasteiger partial charge in [-0.05, 0) is 39.8 Å². The van der Waals surface area contributed by atoms with Crippen molar-refractivity contribution in [1.29, 1.82) is 0 Å². The molecule has 0 aromatic rings. The number of carbonyl (C=O) groups is 2. The van der Waals surface area contributed by atoms with Crippen LogP contribution in [0.5, 0.6) is 0 Å². The van der Waals surface area contributed by atoms with Crippen LogP contribution in [0.15, 0.2) is 11.6 Å². The molecule has 2 saturated heterocycles. The van der Waals surface area contributed by atoms with Crippen molar-refractivity contribution in [1.82, 2.24) is 15.1 Å². The lowest BCUT2D eigenvalue weighted by Gasteiger charge is -2.32. The zero-order chi connectivity index (χ0) is 14.7. The second kappa shape index (κ2) is 6.50. The number of amides is 2. The van der Waals surface area contributed by atoms with Crippen molar-refractivity contribution in [2.75, 3.05) is 26.7 Å². The maximum atomic E-state index is 11.9. The third-order valence-corrected chi connectivity index (χ3v) is 4.16. The molecule has 2 rings (SSSR count). The summed E-state index contributed by atoms with van der Waals surface area (Å²) in [5.41, 5.74) is 1.35. The molecule has 2 fully saturated rings. The molecule has 5 heteroatoms. The van der Waals surface area contributed by atoms with Crippen LogP contribution in [0.1, 0.15) is 33.1 Å². The highest BCUT2D eigenvalue weighted by molar-refractivity contribution is 6.05. The number of hydrogen-bond acceptors (Lipinski definition) is 4. The van der Waals surface area contributed by atoms with Gasteiger partial charge in [-0.25, -0.2) is 0 Å². The van der Waals surface area contributed by atoms with Crippen LogP contribution >= 0.6 is 0 Å². The molecular formula is C15H25N3O2. The molecule has 0 aromatic heterocycles. The second-order valence-electron chi connectivity index (χ2n) is 6.07. The molecule has 2 heterocycles. The lowest BCUT2D eigenvalue weighted by Crippen LogP contribution is -2.48. The molecule has 1 N–H and O–H groups in total. The van der Waals surface area contributed by atoms with Crippen LogP contribution in [0.3, 0.4) is 0 Å². The van der Waals surface area contributed by atoms with Crippen molar-refractivity contribution in [3.63, 3.8) is 0 Å². The quantitative estimate of drug-likeness (QED) is 0.610. The van der Waals surface area contributed by atoms with Crippen molar-refractivity contribution in [3.05, 3.63) is 11.6 Å². The minimum absolute atomic E-state index is 0.0755. The summed E-state index contributed by atoms with van der Waals surface area (Å²) in [6.07, 6.45) is 4.64. The highest BCUT2D eigenvalue weighted by Crippen LogP contribution is 2.16. The summed E-state index contributed by atoms with van der Waals surface area (Å²) < 4.78 is 0. The largest absolute Gasteiger partial charge is 0.303 e. The van der Waals surface area contributed by atoms with E-state index in [4.69, 9.17) is 0 Å². The Balaban J connectivity index is 1.76. The molecule has 2 aliphatic rings. The minimum atomic E-state index is -0.304. The molecular weight excluding hydrogens is 254 g/mol. The van der Waals surface area contributed by atoms with E-state index < -0.39 is 0 Å². The number of allylic oxidation sites excluding steroid dienone is 1. The molecule has 20 heavy (non-hydrogen) atoms. The Bertz CT molecular complexity index is 407. The summed E-state index contributed by atoms with van der Waals surface area (Å²) in [6, 6.07) is 0.0491. The molecule has 2 aliphatic heterocycles. The number of nitrogens with zero attached hydrogens (tertiary/aromatic N) is 2. The van der Waals surface area contributed by atoms with Gasteiger partial charge in [0.25, 0.3) is 0 Å². The van der Waals surface area contributed by atoms with Crippen molar-refractivity contribution < 1.29 is 9.59 Å². The molecule has 0 saturated carbocycles. The van der Waals surface area contributed by atoms with Gasteiger partial charge in [0.05, 0.1) is 12.5 Å². The number of piperidine rings is 1. The van der Waals surface area contributed by atoms with Crippen molar-refractivity contribution >= 4 is 11.8 Å². The van der Waals surface area contributed by atoms with E-state index in [2.05, 4.69) is 30.1 Å². The fraction of sp³-hybridized carbons (Fsp3) is 0.733. The molecule has 0 bridgehead atoms. The Labute approximate surface area is 121 Å². The number of rotatable bonds is 4. The van der Waals surface area contributed by atoms with Crippen LogP contribution in [0.2, 0.25) is 0 Å². The molecule has 5 nitrogen and oxygen atoms in total. The summed E-state index contributed by atoms with van der Waals surface area (Å²) in [5.74, 6) is -0.157. The van der Waals surface area contributed by atoms with Gasteiger partial charge in [0, 0.05) is 19.6 Å². The van der Waals surface area contributed by atoms with Crippen LogP contribution in [0, 0.1) is 0 Å². The zero-order valence-electron chi connectivity index (χ0n) is 12.7. The van der Waals surface area contributed by atoms with Crippen LogP contribution < -0.4 is 5.32 Å². The molecule has 1 unspecified atom stereocenters. The van der Waals surface area contributed by atoms with E-state index in [0.29, 0.717) is 12.5 Å². The second-order valence-corrected chi connectivity index (χ2v) is 6.07. The predicted octanol–water partition coefficient (Wildman–Crippen LogP) is 0.764. The maximum absolute atomic E-state index is 11.9. The van der Waals surface area contributed by atoms with Gasteiger partial charge in [-0.2, -0.15) is 0 Å². The van der Waals surface area contributed by atoms with Gasteiger partial charge >= 0.3 is 0 Å². The van der Waals surface area contributed by atoms with E-state index in [-0.39, 0.29) is 17.9 Å². The third-order valence-electron chi connectivity index (χ3n) is 4.16. The van der Waals surface area contributed by atoms with Crippen LogP contribution in [0.25, 0.3) is 0 Å². The van der Waals surface area contributed by atoms with Crippen molar-refractivity contribution in [2.24, 2.45) is 0 Å². The van der Waals surface area contributed by atoms with Crippen LogP contribution in [0.4, 0.5) is 0 Å². The number of hydrogen-bond donors (Lipinski definition) is 1. The van der Waals surface area contributed by atoms with E-state index in [0.717, 1.165) is 32.5 Å². The highest BCUT2D eigenvalue weighted by atomic mass is 16.2. The molecule has 0 aromatic carbocycles. The first kappa shape index (κ1) is 15.2. The number of likely N-dealkylation sites (tertiary alicyclic amines) is 2. The first-order valence-corrected chi connectivity index (χ1v) is 7.39. The zero-order valence-corrected chi connectivity index (χ0v) is 12.7. The number of nitrogens with one attached hydrogen (secondary N) is 1. The SMILES string of the molecule is CC(C)=CCN1CCC(NC2CC(=O)N(C)C2=O)CC1. The van der Waals surface area contributed by atoms with E-state index in [1.54, 1.807) is 7.05 Å². The van der Waals surface area contributed by atoms with Gasteiger partial charge in [0.1, 0.15) is 0 Å².